The summed E-state index contributed by atoms with van der Waals surface area (Å²) in [7, 11) is 1.89. The fraction of sp³-hybridized carbons (Fsp3) is 0.417. The van der Waals surface area contributed by atoms with Crippen LogP contribution in [0.25, 0.3) is 0 Å². The minimum absolute atomic E-state index is 0. The van der Waals surface area contributed by atoms with E-state index in [1.165, 1.54) is 0 Å². The van der Waals surface area contributed by atoms with E-state index in [1.54, 1.807) is 0 Å². The lowest BCUT2D eigenvalue weighted by atomic mass is 10.3. The van der Waals surface area contributed by atoms with Crippen molar-refractivity contribution in [3.63, 3.8) is 0 Å². The van der Waals surface area contributed by atoms with Gasteiger partial charge in [-0.25, -0.2) is 0 Å². The molecule has 1 amide bonds. The average molecular weight is 338 g/mol. The molecule has 0 radical (unpaired) electrons. The molecule has 0 fully saturated rings. The quantitative estimate of drug-likeness (QED) is 0.748. The Balaban J connectivity index is 0.00000289. The Morgan fingerprint density at radius 3 is 2.83 bits per heavy atom. The Hall–Kier alpha value is -0.780. The number of halogens is 2. The summed E-state index contributed by atoms with van der Waals surface area (Å²) in [5, 5.41) is 5.80. The van der Waals surface area contributed by atoms with E-state index in [0.29, 0.717) is 12.3 Å². The highest BCUT2D eigenvalue weighted by molar-refractivity contribution is 9.10. The zero-order valence-electron chi connectivity index (χ0n) is 10.2. The Bertz CT molecular complexity index is 364. The van der Waals surface area contributed by atoms with Crippen molar-refractivity contribution >= 4 is 34.2 Å². The van der Waals surface area contributed by atoms with Gasteiger partial charge in [0.2, 0.25) is 0 Å². The molecule has 1 rings (SSSR count). The van der Waals surface area contributed by atoms with E-state index >= 15 is 0 Å². The Kier molecular flexibility index (Phi) is 9.73. The fourth-order valence-electron chi connectivity index (χ4n) is 1.25. The van der Waals surface area contributed by atoms with Crippen molar-refractivity contribution in [2.75, 3.05) is 26.7 Å². The first-order chi connectivity index (χ1) is 8.22. The van der Waals surface area contributed by atoms with Crippen LogP contribution >= 0.6 is 28.3 Å². The van der Waals surface area contributed by atoms with Crippen LogP contribution in [0.15, 0.2) is 28.7 Å². The van der Waals surface area contributed by atoms with Gasteiger partial charge in [0.1, 0.15) is 5.75 Å². The maximum atomic E-state index is 11.4. The molecule has 2 N–H and O–H groups in total. The van der Waals surface area contributed by atoms with E-state index in [2.05, 4.69) is 26.6 Å². The standard InChI is InChI=1S/C12H17BrN2O2.ClH/c1-14-6-3-7-15-12(16)9-17-11-5-2-4-10(13)8-11;/h2,4-5,8,14H,3,6-7,9H2,1H3,(H,15,16);1H. The second kappa shape index (κ2) is 10.2. The van der Waals surface area contributed by atoms with Crippen molar-refractivity contribution in [3.05, 3.63) is 28.7 Å². The number of hydrogen-bond donors (Lipinski definition) is 2. The first-order valence-corrected chi connectivity index (χ1v) is 6.31. The van der Waals surface area contributed by atoms with Gasteiger partial charge < -0.3 is 15.4 Å². The summed E-state index contributed by atoms with van der Waals surface area (Å²) in [5.74, 6) is 0.589. The van der Waals surface area contributed by atoms with Gasteiger partial charge in [0.15, 0.2) is 6.61 Å². The van der Waals surface area contributed by atoms with Crippen LogP contribution in [-0.2, 0) is 4.79 Å². The number of rotatable bonds is 7. The fourth-order valence-corrected chi connectivity index (χ4v) is 1.63. The molecule has 0 heterocycles. The van der Waals surface area contributed by atoms with Crippen LogP contribution in [0, 0.1) is 0 Å². The minimum atomic E-state index is -0.0962. The van der Waals surface area contributed by atoms with E-state index in [0.717, 1.165) is 17.4 Å². The zero-order valence-corrected chi connectivity index (χ0v) is 12.6. The summed E-state index contributed by atoms with van der Waals surface area (Å²) >= 11 is 3.34. The molecule has 0 atom stereocenters. The molecule has 18 heavy (non-hydrogen) atoms. The monoisotopic (exact) mass is 336 g/mol. The number of carbonyl (C=O) groups is 1. The molecule has 0 aliphatic rings. The predicted molar refractivity (Wildman–Crippen MR) is 78.4 cm³/mol. The van der Waals surface area contributed by atoms with Crippen molar-refractivity contribution < 1.29 is 9.53 Å². The molecule has 6 heteroatoms. The third-order valence-electron chi connectivity index (χ3n) is 2.09. The normalized spacial score (nSPS) is 9.44. The zero-order chi connectivity index (χ0) is 12.5. The van der Waals surface area contributed by atoms with Crippen molar-refractivity contribution in [1.29, 1.82) is 0 Å². The van der Waals surface area contributed by atoms with Crippen LogP contribution in [-0.4, -0.2) is 32.7 Å². The molecular formula is C12H18BrClN2O2. The molecule has 0 saturated heterocycles. The number of nitrogens with one attached hydrogen (secondary N) is 2. The lowest BCUT2D eigenvalue weighted by Crippen LogP contribution is -2.30. The van der Waals surface area contributed by atoms with Crippen LogP contribution in [0.2, 0.25) is 0 Å². The lowest BCUT2D eigenvalue weighted by Gasteiger charge is -2.07. The van der Waals surface area contributed by atoms with Crippen LogP contribution in [0.5, 0.6) is 5.75 Å². The maximum absolute atomic E-state index is 11.4. The Labute approximate surface area is 122 Å². The van der Waals surface area contributed by atoms with Crippen molar-refractivity contribution in [3.8, 4) is 5.75 Å². The summed E-state index contributed by atoms with van der Waals surface area (Å²) in [4.78, 5) is 11.4. The first-order valence-electron chi connectivity index (χ1n) is 5.52. The number of ether oxygens (including phenoxy) is 1. The van der Waals surface area contributed by atoms with E-state index < -0.39 is 0 Å². The van der Waals surface area contributed by atoms with E-state index in [-0.39, 0.29) is 24.9 Å². The number of benzene rings is 1. The van der Waals surface area contributed by atoms with Gasteiger partial charge in [-0.3, -0.25) is 4.79 Å². The highest BCUT2D eigenvalue weighted by Crippen LogP contribution is 2.17. The first kappa shape index (κ1) is 17.2. The lowest BCUT2D eigenvalue weighted by molar-refractivity contribution is -0.123. The summed E-state index contributed by atoms with van der Waals surface area (Å²) in [6.07, 6.45) is 0.916. The third kappa shape index (κ3) is 7.53. The molecule has 0 saturated carbocycles. The average Bonchev–Trinajstić information content (AvgIpc) is 2.32. The molecule has 102 valence electrons. The van der Waals surface area contributed by atoms with Gasteiger partial charge in [-0.1, -0.05) is 22.0 Å². The highest BCUT2D eigenvalue weighted by atomic mass is 79.9. The summed E-state index contributed by atoms with van der Waals surface area (Å²) in [6, 6.07) is 7.42. The SMILES string of the molecule is CNCCCNC(=O)COc1cccc(Br)c1.Cl. The van der Waals surface area contributed by atoms with Gasteiger partial charge in [0, 0.05) is 11.0 Å². The van der Waals surface area contributed by atoms with E-state index in [9.17, 15) is 4.79 Å². The van der Waals surface area contributed by atoms with E-state index in [4.69, 9.17) is 4.74 Å². The van der Waals surface area contributed by atoms with Crippen molar-refractivity contribution in [2.45, 2.75) is 6.42 Å². The van der Waals surface area contributed by atoms with Gasteiger partial charge >= 0.3 is 0 Å². The largest absolute Gasteiger partial charge is 0.484 e. The smallest absolute Gasteiger partial charge is 0.257 e. The molecule has 1 aromatic rings. The van der Waals surface area contributed by atoms with Gasteiger partial charge in [-0.2, -0.15) is 0 Å². The topological polar surface area (TPSA) is 50.4 Å². The predicted octanol–water partition coefficient (Wildman–Crippen LogP) is 1.98. The van der Waals surface area contributed by atoms with Crippen molar-refractivity contribution in [2.24, 2.45) is 0 Å². The summed E-state index contributed by atoms with van der Waals surface area (Å²) in [5.41, 5.74) is 0. The molecule has 0 bridgehead atoms. The summed E-state index contributed by atoms with van der Waals surface area (Å²) in [6.45, 7) is 1.62. The molecule has 0 unspecified atom stereocenters. The second-order valence-corrected chi connectivity index (χ2v) is 4.47. The number of hydrogen-bond acceptors (Lipinski definition) is 3. The van der Waals surface area contributed by atoms with Gasteiger partial charge in [0.05, 0.1) is 0 Å². The molecule has 0 aliphatic carbocycles. The number of amides is 1. The highest BCUT2D eigenvalue weighted by Gasteiger charge is 2.01. The van der Waals surface area contributed by atoms with Gasteiger partial charge in [-0.05, 0) is 38.2 Å². The van der Waals surface area contributed by atoms with Gasteiger partial charge in [-0.15, -0.1) is 12.4 Å². The summed E-state index contributed by atoms with van der Waals surface area (Å²) < 4.78 is 6.28. The molecular weight excluding hydrogens is 320 g/mol. The molecule has 0 aromatic heterocycles. The van der Waals surface area contributed by atoms with Crippen molar-refractivity contribution in [1.82, 2.24) is 10.6 Å². The molecule has 0 spiro atoms. The third-order valence-corrected chi connectivity index (χ3v) is 2.58. The molecule has 1 aromatic carbocycles. The number of carbonyl (C=O) groups excluding carboxylic acids is 1. The molecule has 4 nitrogen and oxygen atoms in total. The van der Waals surface area contributed by atoms with E-state index in [1.807, 2.05) is 31.3 Å². The van der Waals surface area contributed by atoms with Crippen LogP contribution in [0.1, 0.15) is 6.42 Å². The van der Waals surface area contributed by atoms with Crippen LogP contribution in [0.4, 0.5) is 0 Å². The second-order valence-electron chi connectivity index (χ2n) is 3.55. The van der Waals surface area contributed by atoms with Crippen LogP contribution < -0.4 is 15.4 Å². The minimum Gasteiger partial charge on any atom is -0.484 e. The Morgan fingerprint density at radius 2 is 2.17 bits per heavy atom. The van der Waals surface area contributed by atoms with Gasteiger partial charge in [0.25, 0.3) is 5.91 Å². The maximum Gasteiger partial charge on any atom is 0.257 e. The Morgan fingerprint density at radius 1 is 1.39 bits per heavy atom. The molecule has 0 aliphatic heterocycles. The van der Waals surface area contributed by atoms with Crippen LogP contribution in [0.3, 0.4) is 0 Å².